The number of carbonyl (C=O) groups is 5. The molecule has 0 aromatic rings. The van der Waals surface area contributed by atoms with Crippen LogP contribution in [0.15, 0.2) is 0 Å². The van der Waals surface area contributed by atoms with Crippen molar-refractivity contribution >= 4 is 29.5 Å². The maximum Gasteiger partial charge on any atom is 0.237 e. The summed E-state index contributed by atoms with van der Waals surface area (Å²) in [6.07, 6.45) is -5.07. The summed E-state index contributed by atoms with van der Waals surface area (Å²) in [5.74, 6) is -2.60. The smallest absolute Gasteiger partial charge is 0.237 e. The number of nitrogens with one attached hydrogen (secondary N) is 5. The Bertz CT molecular complexity index is 1810. The van der Waals surface area contributed by atoms with Gasteiger partial charge in [-0.05, 0) is 44.9 Å². The fourth-order valence-corrected chi connectivity index (χ4v) is 10.1. The predicted octanol–water partition coefficient (Wildman–Crippen LogP) is -5.16. The van der Waals surface area contributed by atoms with Crippen molar-refractivity contribution < 1.29 is 114 Å². The fourth-order valence-electron chi connectivity index (χ4n) is 10.1. The van der Waals surface area contributed by atoms with Crippen molar-refractivity contribution in [1.29, 1.82) is 0 Å². The molecule has 0 saturated carbocycles. The number of ether oxygens (including phenoxy) is 6. The van der Waals surface area contributed by atoms with E-state index in [0.29, 0.717) is 38.6 Å². The van der Waals surface area contributed by atoms with Gasteiger partial charge in [0.25, 0.3) is 0 Å². The molecule has 30 nitrogen and oxygen atoms in total. The maximum atomic E-state index is 14.2. The first-order valence-corrected chi connectivity index (χ1v) is 30.9. The number of unbranched alkanes of at least 4 members (excludes halogenated alkanes) is 14. The lowest BCUT2D eigenvalue weighted by molar-refractivity contribution is -0.300. The summed E-state index contributed by atoms with van der Waals surface area (Å²) < 4.78 is 32.5. The van der Waals surface area contributed by atoms with E-state index in [-0.39, 0.29) is 64.7 Å². The first-order chi connectivity index (χ1) is 41.3. The van der Waals surface area contributed by atoms with Crippen molar-refractivity contribution in [1.82, 2.24) is 31.5 Å². The van der Waals surface area contributed by atoms with Crippen LogP contribution in [0.3, 0.4) is 0 Å². The van der Waals surface area contributed by atoms with E-state index in [1.807, 2.05) is 0 Å². The maximum absolute atomic E-state index is 14.2. The van der Waals surface area contributed by atoms with Crippen LogP contribution in [-0.4, -0.2) is 285 Å². The molecule has 3 fully saturated rings. The monoisotopic (exact) mass is 1240 g/mol. The number of hydrogen-bond donors (Lipinski definition) is 18. The molecule has 30 heteroatoms. The molecule has 16 unspecified atom stereocenters. The van der Waals surface area contributed by atoms with Crippen LogP contribution < -0.4 is 32.3 Å². The number of aliphatic hydroxyl groups excluding tert-OH is 12. The Morgan fingerprint density at radius 1 is 0.419 bits per heavy atom. The Hall–Kier alpha value is -3.45. The Kier molecular flexibility index (Phi) is 39.4. The normalized spacial score (nSPS) is 28.4. The van der Waals surface area contributed by atoms with Crippen LogP contribution in [0.1, 0.15) is 135 Å². The topological polar surface area (TPSA) is 473 Å². The molecule has 86 heavy (non-hydrogen) atoms. The number of hydrogen-bond acceptors (Lipinski definition) is 25. The molecule has 0 spiro atoms. The molecule has 3 aliphatic rings. The largest absolute Gasteiger partial charge is 0.394 e. The van der Waals surface area contributed by atoms with Crippen LogP contribution in [0.5, 0.6) is 0 Å². The first-order valence-electron chi connectivity index (χ1n) is 30.9. The van der Waals surface area contributed by atoms with E-state index in [4.69, 9.17) is 34.2 Å². The highest BCUT2D eigenvalue weighted by molar-refractivity contribution is 5.86. The number of rotatable bonds is 46. The van der Waals surface area contributed by atoms with Gasteiger partial charge in [0.1, 0.15) is 73.2 Å². The molecule has 502 valence electrons. The molecule has 0 bridgehead atoms. The molecule has 5 amide bonds. The van der Waals surface area contributed by atoms with Gasteiger partial charge < -0.3 is 122 Å². The van der Waals surface area contributed by atoms with Gasteiger partial charge in [-0.1, -0.05) is 84.0 Å². The highest BCUT2D eigenvalue weighted by atomic mass is 16.7. The van der Waals surface area contributed by atoms with Crippen LogP contribution >= 0.6 is 0 Å². The number of carbonyl (C=O) groups excluding carboxylic acids is 5. The lowest BCUT2D eigenvalue weighted by atomic mass is 9.99. The molecule has 3 rings (SSSR count). The van der Waals surface area contributed by atoms with Gasteiger partial charge in [0.2, 0.25) is 29.5 Å². The zero-order valence-electron chi connectivity index (χ0n) is 50.0. The number of amides is 5. The summed E-state index contributed by atoms with van der Waals surface area (Å²) in [4.78, 5) is 68.1. The van der Waals surface area contributed by atoms with Gasteiger partial charge in [0.05, 0.1) is 64.8 Å². The third kappa shape index (κ3) is 28.2. The number of nitrogens with zero attached hydrogens (tertiary/aromatic N) is 1. The molecule has 3 aliphatic heterocycles. The van der Waals surface area contributed by atoms with E-state index in [2.05, 4.69) is 33.5 Å². The Morgan fingerprint density at radius 3 is 1.17 bits per heavy atom. The minimum absolute atomic E-state index is 0.00152. The quantitative estimate of drug-likeness (QED) is 0.0253. The molecule has 0 radical (unpaired) electrons. The first kappa shape index (κ1) is 76.8. The number of nitrogens with two attached hydrogens (primary N) is 1. The van der Waals surface area contributed by atoms with Crippen LogP contribution in [0.2, 0.25) is 0 Å². The molecule has 0 aliphatic carbocycles. The highest BCUT2D eigenvalue weighted by Gasteiger charge is 2.46. The van der Waals surface area contributed by atoms with Crippen LogP contribution in [0.4, 0.5) is 0 Å². The molecular formula is C56H105N7O23. The van der Waals surface area contributed by atoms with Gasteiger partial charge in [0.15, 0.2) is 18.9 Å². The second-order valence-corrected chi connectivity index (χ2v) is 22.3. The average Bonchev–Trinajstić information content (AvgIpc) is 2.10. The van der Waals surface area contributed by atoms with E-state index in [1.165, 1.54) is 69.1 Å². The summed E-state index contributed by atoms with van der Waals surface area (Å²) in [6, 6.07) is -2.10. The standard InChI is InChI=1S/C56H105N7O23/c1-2-3-4-5-6-7-8-9-10-11-12-13-14-21-40(67)58-22-17-15-19-35(57)52(79)61-23-18-16-20-36(53(80)62-26-29-83-56-51(78)48(75)45(72)39(34-66)86-56)63(30-41(68)59-24-27-81-54-49(76)46(73)43(70)37(32-64)84-54)31-42(69)60-25-28-82-55-50(77)47(74)44(71)38(33-65)85-55/h35-39,43-51,54-56,64-66,70-78H,2-34,57H2,1H3,(H,58,67)(H,59,68)(H,60,69)(H,61,79)(H,62,80)/t35?,36-,37?,38?,39?,43?,44?,45?,46?,47?,48?,49?,50?,51?,54?,55?,56?/m0/s1. The minimum Gasteiger partial charge on any atom is -0.394 e. The van der Waals surface area contributed by atoms with Crippen LogP contribution in [0, 0.1) is 0 Å². The SMILES string of the molecule is CCCCCCCCCCCCCCCC(=O)NCCCCC(N)C(=O)NCCCC[C@@H](C(=O)NCCOC1OC(CO)C(O)C(O)C1O)N(CC(=O)NCCOC1OC(CO)C(O)C(O)C1O)CC(=O)NCCOC1OC(CO)C(O)C(O)C1O. The van der Waals surface area contributed by atoms with Crippen molar-refractivity contribution in [3.8, 4) is 0 Å². The summed E-state index contributed by atoms with van der Waals surface area (Å²) in [7, 11) is 0. The summed E-state index contributed by atoms with van der Waals surface area (Å²) in [5.41, 5.74) is 6.21. The lowest BCUT2D eigenvalue weighted by Gasteiger charge is -2.39. The Balaban J connectivity index is 1.59. The average molecular weight is 1240 g/mol. The van der Waals surface area contributed by atoms with Gasteiger partial charge >= 0.3 is 0 Å². The van der Waals surface area contributed by atoms with Crippen molar-refractivity contribution in [3.05, 3.63) is 0 Å². The van der Waals surface area contributed by atoms with E-state index in [1.54, 1.807) is 0 Å². The highest BCUT2D eigenvalue weighted by Crippen LogP contribution is 2.25. The van der Waals surface area contributed by atoms with Crippen LogP contribution in [0.25, 0.3) is 0 Å². The van der Waals surface area contributed by atoms with Crippen molar-refractivity contribution in [3.63, 3.8) is 0 Å². The van der Waals surface area contributed by atoms with Gasteiger partial charge in [0, 0.05) is 39.1 Å². The van der Waals surface area contributed by atoms with E-state index in [0.717, 1.165) is 19.3 Å². The molecular weight excluding hydrogens is 1140 g/mol. The third-order valence-corrected chi connectivity index (χ3v) is 15.4. The lowest BCUT2D eigenvalue weighted by Crippen LogP contribution is -2.59. The van der Waals surface area contributed by atoms with Crippen molar-refractivity contribution in [2.24, 2.45) is 5.73 Å². The second kappa shape index (κ2) is 44.1. The molecule has 3 saturated heterocycles. The van der Waals surface area contributed by atoms with Crippen molar-refractivity contribution in [2.75, 3.05) is 85.5 Å². The second-order valence-electron chi connectivity index (χ2n) is 22.3. The fraction of sp³-hybridized carbons (Fsp3) is 0.911. The molecule has 3 heterocycles. The number of aliphatic hydroxyl groups is 12. The van der Waals surface area contributed by atoms with E-state index >= 15 is 0 Å². The zero-order chi connectivity index (χ0) is 63.4. The molecule has 0 aromatic heterocycles. The summed E-state index contributed by atoms with van der Waals surface area (Å²) in [6.45, 7) is -2.26. The molecule has 19 N–H and O–H groups in total. The molecule has 0 aromatic carbocycles. The van der Waals surface area contributed by atoms with Crippen LogP contribution in [-0.2, 0) is 52.4 Å². The Labute approximate surface area is 504 Å². The third-order valence-electron chi connectivity index (χ3n) is 15.4. The summed E-state index contributed by atoms with van der Waals surface area (Å²) in [5, 5.41) is 134. The summed E-state index contributed by atoms with van der Waals surface area (Å²) >= 11 is 0. The van der Waals surface area contributed by atoms with E-state index < -0.39 is 161 Å². The Morgan fingerprint density at radius 2 is 0.767 bits per heavy atom. The van der Waals surface area contributed by atoms with Gasteiger partial charge in [-0.2, -0.15) is 0 Å². The van der Waals surface area contributed by atoms with E-state index in [9.17, 15) is 85.3 Å². The minimum atomic E-state index is -1.73. The molecule has 17 atom stereocenters. The van der Waals surface area contributed by atoms with Crippen molar-refractivity contribution in [2.45, 2.75) is 240 Å². The van der Waals surface area contributed by atoms with Gasteiger partial charge in [-0.3, -0.25) is 28.9 Å². The van der Waals surface area contributed by atoms with Gasteiger partial charge in [-0.25, -0.2) is 0 Å². The van der Waals surface area contributed by atoms with Gasteiger partial charge in [-0.15, -0.1) is 0 Å². The zero-order valence-corrected chi connectivity index (χ0v) is 50.0. The predicted molar refractivity (Wildman–Crippen MR) is 306 cm³/mol.